The van der Waals surface area contributed by atoms with Crippen molar-refractivity contribution in [1.29, 1.82) is 0 Å². The fourth-order valence-electron chi connectivity index (χ4n) is 1.65. The zero-order valence-electron chi connectivity index (χ0n) is 10.3. The fourth-order valence-corrected chi connectivity index (χ4v) is 1.65. The second kappa shape index (κ2) is 6.76. The van der Waals surface area contributed by atoms with E-state index in [9.17, 15) is 9.59 Å². The van der Waals surface area contributed by atoms with Crippen molar-refractivity contribution in [3.05, 3.63) is 35.9 Å². The Bertz CT molecular complexity index is 402. The number of nitrogens with one attached hydrogen (secondary N) is 1. The third kappa shape index (κ3) is 3.56. The SMILES string of the molecule is CCC(CN)C(=O)N[C@H](C(=O)O)c1ccccc1. The van der Waals surface area contributed by atoms with Crippen LogP contribution in [0, 0.1) is 5.92 Å². The Kier molecular flexibility index (Phi) is 5.32. The highest BCUT2D eigenvalue weighted by Crippen LogP contribution is 2.14. The number of carboxylic acid groups (broad SMARTS) is 1. The predicted molar refractivity (Wildman–Crippen MR) is 67.8 cm³/mol. The first-order chi connectivity index (χ1) is 8.60. The number of nitrogens with two attached hydrogens (primary N) is 1. The normalized spacial score (nSPS) is 13.7. The van der Waals surface area contributed by atoms with Crippen LogP contribution >= 0.6 is 0 Å². The molecule has 5 heteroatoms. The largest absolute Gasteiger partial charge is 0.479 e. The zero-order chi connectivity index (χ0) is 13.5. The Hall–Kier alpha value is -1.88. The van der Waals surface area contributed by atoms with Crippen molar-refractivity contribution >= 4 is 11.9 Å². The minimum absolute atomic E-state index is 0.212. The molecular weight excluding hydrogens is 232 g/mol. The number of amides is 1. The molecule has 0 heterocycles. The van der Waals surface area contributed by atoms with Crippen LogP contribution in [0.4, 0.5) is 0 Å². The van der Waals surface area contributed by atoms with E-state index in [0.717, 1.165) is 0 Å². The summed E-state index contributed by atoms with van der Waals surface area (Å²) in [5.74, 6) is -1.76. The average Bonchev–Trinajstić information content (AvgIpc) is 2.38. The number of rotatable bonds is 6. The molecule has 0 aliphatic heterocycles. The monoisotopic (exact) mass is 250 g/mol. The van der Waals surface area contributed by atoms with Gasteiger partial charge >= 0.3 is 5.97 Å². The highest BCUT2D eigenvalue weighted by Gasteiger charge is 2.24. The van der Waals surface area contributed by atoms with Gasteiger partial charge in [-0.15, -0.1) is 0 Å². The van der Waals surface area contributed by atoms with Crippen LogP contribution in [0.5, 0.6) is 0 Å². The van der Waals surface area contributed by atoms with Gasteiger partial charge in [0.2, 0.25) is 5.91 Å². The van der Waals surface area contributed by atoms with Gasteiger partial charge in [-0.25, -0.2) is 4.79 Å². The van der Waals surface area contributed by atoms with Gasteiger partial charge < -0.3 is 16.2 Å². The molecule has 0 aromatic heterocycles. The Balaban J connectivity index is 2.82. The van der Waals surface area contributed by atoms with E-state index >= 15 is 0 Å². The standard InChI is InChI=1S/C13H18N2O3/c1-2-9(8-14)12(16)15-11(13(17)18)10-6-4-3-5-7-10/h3-7,9,11H,2,8,14H2,1H3,(H,15,16)(H,17,18)/t9?,11-/m0/s1. The summed E-state index contributed by atoms with van der Waals surface area (Å²) in [6.45, 7) is 2.05. The molecule has 0 fully saturated rings. The first-order valence-corrected chi connectivity index (χ1v) is 5.88. The predicted octanol–water partition coefficient (Wildman–Crippen LogP) is 0.913. The van der Waals surface area contributed by atoms with Crippen LogP contribution in [-0.4, -0.2) is 23.5 Å². The Morgan fingerprint density at radius 3 is 2.39 bits per heavy atom. The number of hydrogen-bond donors (Lipinski definition) is 3. The minimum Gasteiger partial charge on any atom is -0.479 e. The summed E-state index contributed by atoms with van der Waals surface area (Å²) < 4.78 is 0. The molecule has 0 radical (unpaired) electrons. The lowest BCUT2D eigenvalue weighted by atomic mass is 10.0. The first-order valence-electron chi connectivity index (χ1n) is 5.88. The maximum Gasteiger partial charge on any atom is 0.330 e. The second-order valence-electron chi connectivity index (χ2n) is 4.03. The highest BCUT2D eigenvalue weighted by atomic mass is 16.4. The van der Waals surface area contributed by atoms with Crippen LogP contribution in [0.25, 0.3) is 0 Å². The van der Waals surface area contributed by atoms with Gasteiger partial charge in [0.05, 0.1) is 0 Å². The van der Waals surface area contributed by atoms with Crippen molar-refractivity contribution < 1.29 is 14.7 Å². The molecule has 1 unspecified atom stereocenters. The average molecular weight is 250 g/mol. The van der Waals surface area contributed by atoms with Gasteiger partial charge in [0.1, 0.15) is 0 Å². The number of carbonyl (C=O) groups excluding carboxylic acids is 1. The lowest BCUT2D eigenvalue weighted by molar-refractivity contribution is -0.142. The number of carboxylic acids is 1. The summed E-state index contributed by atoms with van der Waals surface area (Å²) >= 11 is 0. The smallest absolute Gasteiger partial charge is 0.330 e. The Morgan fingerprint density at radius 1 is 1.33 bits per heavy atom. The third-order valence-electron chi connectivity index (χ3n) is 2.81. The maximum absolute atomic E-state index is 11.8. The fraction of sp³-hybridized carbons (Fsp3) is 0.385. The molecule has 1 aromatic rings. The number of hydrogen-bond acceptors (Lipinski definition) is 3. The maximum atomic E-state index is 11.8. The third-order valence-corrected chi connectivity index (χ3v) is 2.81. The van der Waals surface area contributed by atoms with E-state index < -0.39 is 12.0 Å². The molecule has 0 aliphatic carbocycles. The molecule has 18 heavy (non-hydrogen) atoms. The molecule has 0 saturated carbocycles. The first kappa shape index (κ1) is 14.2. The van der Waals surface area contributed by atoms with E-state index in [0.29, 0.717) is 12.0 Å². The van der Waals surface area contributed by atoms with Crippen molar-refractivity contribution in [3.63, 3.8) is 0 Å². The molecule has 2 atom stereocenters. The van der Waals surface area contributed by atoms with Gasteiger partial charge in [0, 0.05) is 12.5 Å². The molecule has 1 amide bonds. The molecule has 98 valence electrons. The topological polar surface area (TPSA) is 92.4 Å². The van der Waals surface area contributed by atoms with Crippen LogP contribution < -0.4 is 11.1 Å². The zero-order valence-corrected chi connectivity index (χ0v) is 10.3. The van der Waals surface area contributed by atoms with Crippen LogP contribution in [-0.2, 0) is 9.59 Å². The molecule has 0 bridgehead atoms. The van der Waals surface area contributed by atoms with Gasteiger partial charge in [0.15, 0.2) is 6.04 Å². The van der Waals surface area contributed by atoms with Crippen molar-refractivity contribution in [3.8, 4) is 0 Å². The van der Waals surface area contributed by atoms with E-state index in [4.69, 9.17) is 10.8 Å². The molecule has 4 N–H and O–H groups in total. The summed E-state index contributed by atoms with van der Waals surface area (Å²) in [6, 6.07) is 7.57. The number of carbonyl (C=O) groups is 2. The summed E-state index contributed by atoms with van der Waals surface area (Å²) in [5.41, 5.74) is 6.01. The van der Waals surface area contributed by atoms with Gasteiger partial charge in [-0.05, 0) is 12.0 Å². The molecule has 0 aliphatic rings. The van der Waals surface area contributed by atoms with Crippen molar-refractivity contribution in [2.45, 2.75) is 19.4 Å². The van der Waals surface area contributed by atoms with Gasteiger partial charge in [-0.3, -0.25) is 4.79 Å². The summed E-state index contributed by atoms with van der Waals surface area (Å²) in [5, 5.41) is 11.7. The Morgan fingerprint density at radius 2 is 1.94 bits per heavy atom. The van der Waals surface area contributed by atoms with Crippen LogP contribution in [0.2, 0.25) is 0 Å². The molecule has 1 aromatic carbocycles. The molecule has 5 nitrogen and oxygen atoms in total. The number of benzene rings is 1. The van der Waals surface area contributed by atoms with E-state index in [2.05, 4.69) is 5.32 Å². The highest BCUT2D eigenvalue weighted by molar-refractivity contribution is 5.85. The van der Waals surface area contributed by atoms with Crippen LogP contribution in [0.3, 0.4) is 0 Å². The van der Waals surface area contributed by atoms with Crippen molar-refractivity contribution in [2.24, 2.45) is 11.7 Å². The molecular formula is C13H18N2O3. The molecule has 1 rings (SSSR count). The molecule has 0 spiro atoms. The van der Waals surface area contributed by atoms with Crippen LogP contribution in [0.15, 0.2) is 30.3 Å². The summed E-state index contributed by atoms with van der Waals surface area (Å²) in [7, 11) is 0. The van der Waals surface area contributed by atoms with Crippen LogP contribution in [0.1, 0.15) is 24.9 Å². The van der Waals surface area contributed by atoms with E-state index in [1.165, 1.54) is 0 Å². The lowest BCUT2D eigenvalue weighted by Gasteiger charge is -2.18. The minimum atomic E-state index is -1.08. The lowest BCUT2D eigenvalue weighted by Crippen LogP contribution is -2.40. The van der Waals surface area contributed by atoms with Gasteiger partial charge in [0.25, 0.3) is 0 Å². The summed E-state index contributed by atoms with van der Waals surface area (Å²) in [4.78, 5) is 23.0. The summed E-state index contributed by atoms with van der Waals surface area (Å²) in [6.07, 6.45) is 0.587. The van der Waals surface area contributed by atoms with Crippen molar-refractivity contribution in [1.82, 2.24) is 5.32 Å². The van der Waals surface area contributed by atoms with Gasteiger partial charge in [-0.1, -0.05) is 37.3 Å². The Labute approximate surface area is 106 Å². The quantitative estimate of drug-likeness (QED) is 0.699. The van der Waals surface area contributed by atoms with Crippen molar-refractivity contribution in [2.75, 3.05) is 6.54 Å². The number of aliphatic carboxylic acids is 1. The molecule has 0 saturated heterocycles. The van der Waals surface area contributed by atoms with E-state index in [1.807, 2.05) is 6.92 Å². The second-order valence-corrected chi connectivity index (χ2v) is 4.03. The van der Waals surface area contributed by atoms with E-state index in [1.54, 1.807) is 30.3 Å². The van der Waals surface area contributed by atoms with E-state index in [-0.39, 0.29) is 18.4 Å². The van der Waals surface area contributed by atoms with Gasteiger partial charge in [-0.2, -0.15) is 0 Å².